The molecule has 4 aromatic rings. The zero-order chi connectivity index (χ0) is 27.5. The van der Waals surface area contributed by atoms with Crippen molar-refractivity contribution >= 4 is 0 Å². The Balaban J connectivity index is 1.22. The van der Waals surface area contributed by atoms with Gasteiger partial charge < -0.3 is 0 Å². The zero-order valence-corrected chi connectivity index (χ0v) is 24.6. The third-order valence-electron chi connectivity index (χ3n) is 8.73. The first-order chi connectivity index (χ1) is 18.8. The first kappa shape index (κ1) is 27.3. The number of aromatic nitrogens is 1. The molecule has 0 unspecified atom stereocenters. The van der Waals surface area contributed by atoms with Gasteiger partial charge in [0.15, 0.2) is 0 Å². The van der Waals surface area contributed by atoms with E-state index >= 15 is 0 Å². The second kappa shape index (κ2) is 11.9. The van der Waals surface area contributed by atoms with Gasteiger partial charge in [-0.15, -0.1) is 0 Å². The molecule has 0 atom stereocenters. The summed E-state index contributed by atoms with van der Waals surface area (Å²) in [5.74, 6) is 0. The van der Waals surface area contributed by atoms with E-state index in [2.05, 4.69) is 112 Å². The van der Waals surface area contributed by atoms with Crippen LogP contribution in [-0.4, -0.2) is 41.0 Å². The molecule has 0 N–H and O–H groups in total. The molecule has 202 valence electrons. The van der Waals surface area contributed by atoms with Crippen LogP contribution in [0.4, 0.5) is 0 Å². The van der Waals surface area contributed by atoms with Gasteiger partial charge in [0.25, 0.3) is 0 Å². The summed E-state index contributed by atoms with van der Waals surface area (Å²) in [7, 11) is 0. The van der Waals surface area contributed by atoms with Gasteiger partial charge in [-0.25, -0.2) is 0 Å². The van der Waals surface area contributed by atoms with Gasteiger partial charge in [-0.3, -0.25) is 14.8 Å². The molecule has 3 heteroatoms. The monoisotopic (exact) mass is 517 g/mol. The fraction of sp³-hybridized carbons (Fsp3) is 0.361. The standard InChI is InChI=1S/C36H43N3/c1-25-17-34(18-26(2)29(25)5)33-10-7-9-31(21-33)23-38-13-8-14-39(16-15-38)24-32-11-12-37-36(22-32)35-19-27(3)30(6)28(4)20-35/h7,9-12,17-22H,8,13-16,23-24H2,1-6H3. The summed E-state index contributed by atoms with van der Waals surface area (Å²) in [6.07, 6.45) is 3.17. The van der Waals surface area contributed by atoms with E-state index in [1.54, 1.807) is 0 Å². The number of hydrogen-bond donors (Lipinski definition) is 0. The molecule has 3 aromatic carbocycles. The molecule has 1 aliphatic heterocycles. The van der Waals surface area contributed by atoms with E-state index in [9.17, 15) is 0 Å². The fourth-order valence-corrected chi connectivity index (χ4v) is 5.82. The van der Waals surface area contributed by atoms with Crippen molar-refractivity contribution in [1.29, 1.82) is 0 Å². The molecular weight excluding hydrogens is 474 g/mol. The van der Waals surface area contributed by atoms with Gasteiger partial charge in [0.1, 0.15) is 0 Å². The first-order valence-electron chi connectivity index (χ1n) is 14.4. The van der Waals surface area contributed by atoms with Crippen LogP contribution < -0.4 is 0 Å². The molecule has 0 spiro atoms. The predicted octanol–water partition coefficient (Wildman–Crippen LogP) is 7.97. The predicted molar refractivity (Wildman–Crippen MR) is 165 cm³/mol. The Kier molecular flexibility index (Phi) is 8.30. The second-order valence-electron chi connectivity index (χ2n) is 11.6. The van der Waals surface area contributed by atoms with Gasteiger partial charge in [-0.2, -0.15) is 0 Å². The summed E-state index contributed by atoms with van der Waals surface area (Å²) in [4.78, 5) is 9.94. The Bertz CT molecular complexity index is 1310. The minimum absolute atomic E-state index is 0.981. The Morgan fingerprint density at radius 2 is 1.10 bits per heavy atom. The van der Waals surface area contributed by atoms with Crippen molar-refractivity contribution in [2.45, 2.75) is 61.1 Å². The van der Waals surface area contributed by atoms with Crippen molar-refractivity contribution < 1.29 is 0 Å². The Hall–Kier alpha value is -3.27. The van der Waals surface area contributed by atoms with E-state index in [-0.39, 0.29) is 0 Å². The highest BCUT2D eigenvalue weighted by molar-refractivity contribution is 5.67. The summed E-state index contributed by atoms with van der Waals surface area (Å²) in [6, 6.07) is 22.8. The molecule has 2 heterocycles. The van der Waals surface area contributed by atoms with E-state index in [4.69, 9.17) is 4.98 Å². The van der Waals surface area contributed by atoms with E-state index in [1.807, 2.05) is 6.20 Å². The lowest BCUT2D eigenvalue weighted by Crippen LogP contribution is -2.30. The van der Waals surface area contributed by atoms with Gasteiger partial charge >= 0.3 is 0 Å². The van der Waals surface area contributed by atoms with Crippen LogP contribution in [0.2, 0.25) is 0 Å². The molecule has 1 saturated heterocycles. The molecule has 39 heavy (non-hydrogen) atoms. The summed E-state index contributed by atoms with van der Waals surface area (Å²) in [5.41, 5.74) is 15.9. The van der Waals surface area contributed by atoms with E-state index in [0.717, 1.165) is 45.0 Å². The SMILES string of the molecule is Cc1cc(-c2cccc(CN3CCCN(Cc4ccnc(-c5cc(C)c(C)c(C)c5)c4)CC3)c2)cc(C)c1C. The molecule has 1 aliphatic rings. The van der Waals surface area contributed by atoms with E-state index in [1.165, 1.54) is 67.6 Å². The maximum absolute atomic E-state index is 4.71. The Labute approximate surface area is 235 Å². The summed E-state index contributed by atoms with van der Waals surface area (Å²) < 4.78 is 0. The molecule has 0 radical (unpaired) electrons. The van der Waals surface area contributed by atoms with E-state index in [0.29, 0.717) is 0 Å². The lowest BCUT2D eigenvalue weighted by atomic mass is 9.95. The molecule has 1 aromatic heterocycles. The Morgan fingerprint density at radius 1 is 0.564 bits per heavy atom. The summed E-state index contributed by atoms with van der Waals surface area (Å²) in [5, 5.41) is 0. The van der Waals surface area contributed by atoms with Crippen LogP contribution >= 0.6 is 0 Å². The average molecular weight is 518 g/mol. The molecule has 0 aliphatic carbocycles. The highest BCUT2D eigenvalue weighted by atomic mass is 15.2. The van der Waals surface area contributed by atoms with Crippen molar-refractivity contribution in [2.75, 3.05) is 26.2 Å². The zero-order valence-electron chi connectivity index (χ0n) is 24.6. The van der Waals surface area contributed by atoms with Crippen molar-refractivity contribution in [2.24, 2.45) is 0 Å². The molecule has 0 bridgehead atoms. The molecule has 0 saturated carbocycles. The molecular formula is C36H43N3. The number of pyridine rings is 1. The molecule has 5 rings (SSSR count). The van der Waals surface area contributed by atoms with Crippen LogP contribution in [0, 0.1) is 41.5 Å². The van der Waals surface area contributed by atoms with Crippen LogP contribution in [0.25, 0.3) is 22.4 Å². The van der Waals surface area contributed by atoms with E-state index < -0.39 is 0 Å². The van der Waals surface area contributed by atoms with Crippen molar-refractivity contribution in [3.8, 4) is 22.4 Å². The molecule has 1 fully saturated rings. The van der Waals surface area contributed by atoms with Crippen LogP contribution in [0.15, 0.2) is 66.9 Å². The second-order valence-corrected chi connectivity index (χ2v) is 11.6. The van der Waals surface area contributed by atoms with Gasteiger partial charge in [0.05, 0.1) is 5.69 Å². The minimum atomic E-state index is 0.981. The van der Waals surface area contributed by atoms with Crippen molar-refractivity contribution in [3.05, 3.63) is 111 Å². The normalized spacial score (nSPS) is 14.9. The maximum Gasteiger partial charge on any atom is 0.0705 e. The van der Waals surface area contributed by atoms with Gasteiger partial charge in [-0.05, 0) is 147 Å². The fourth-order valence-electron chi connectivity index (χ4n) is 5.82. The molecule has 3 nitrogen and oxygen atoms in total. The highest BCUT2D eigenvalue weighted by Crippen LogP contribution is 2.27. The van der Waals surface area contributed by atoms with Gasteiger partial charge in [0.2, 0.25) is 0 Å². The number of nitrogens with zero attached hydrogens (tertiary/aromatic N) is 3. The van der Waals surface area contributed by atoms with Gasteiger partial charge in [-0.1, -0.05) is 30.3 Å². The van der Waals surface area contributed by atoms with Crippen LogP contribution in [0.3, 0.4) is 0 Å². The maximum atomic E-state index is 4.71. The van der Waals surface area contributed by atoms with Crippen molar-refractivity contribution in [1.82, 2.24) is 14.8 Å². The number of aryl methyl sites for hydroxylation is 4. The Morgan fingerprint density at radius 3 is 1.69 bits per heavy atom. The largest absolute Gasteiger partial charge is 0.298 e. The van der Waals surface area contributed by atoms with Crippen LogP contribution in [0.1, 0.15) is 50.9 Å². The van der Waals surface area contributed by atoms with Crippen LogP contribution in [0.5, 0.6) is 0 Å². The summed E-state index contributed by atoms with van der Waals surface area (Å²) in [6.45, 7) is 19.7. The third-order valence-corrected chi connectivity index (χ3v) is 8.73. The average Bonchev–Trinajstić information content (AvgIpc) is 3.15. The quantitative estimate of drug-likeness (QED) is 0.258. The van der Waals surface area contributed by atoms with Crippen LogP contribution in [-0.2, 0) is 13.1 Å². The van der Waals surface area contributed by atoms with Crippen molar-refractivity contribution in [3.63, 3.8) is 0 Å². The summed E-state index contributed by atoms with van der Waals surface area (Å²) >= 11 is 0. The lowest BCUT2D eigenvalue weighted by molar-refractivity contribution is 0.247. The number of rotatable bonds is 6. The highest BCUT2D eigenvalue weighted by Gasteiger charge is 2.16. The molecule has 0 amide bonds. The minimum Gasteiger partial charge on any atom is -0.298 e. The first-order valence-corrected chi connectivity index (χ1v) is 14.4. The smallest absolute Gasteiger partial charge is 0.0705 e. The lowest BCUT2D eigenvalue weighted by Gasteiger charge is -2.22. The van der Waals surface area contributed by atoms with Gasteiger partial charge in [0, 0.05) is 37.9 Å². The topological polar surface area (TPSA) is 19.4 Å². The number of hydrogen-bond acceptors (Lipinski definition) is 3. The third kappa shape index (κ3) is 6.49. The number of benzene rings is 3.